The summed E-state index contributed by atoms with van der Waals surface area (Å²) in [5, 5.41) is 12.8. The molecule has 0 bridgehead atoms. The second-order valence-corrected chi connectivity index (χ2v) is 8.68. The SMILES string of the molecule is Cc1cccc(-n2nnc(C(=O)N3CCN(C(=O)c4cccc(Cl)c4)CC3(C)C)n2)c1. The van der Waals surface area contributed by atoms with E-state index < -0.39 is 5.54 Å². The Labute approximate surface area is 185 Å². The Morgan fingerprint density at radius 2 is 1.81 bits per heavy atom. The zero-order valence-electron chi connectivity index (χ0n) is 17.6. The highest BCUT2D eigenvalue weighted by molar-refractivity contribution is 6.30. The Balaban J connectivity index is 1.50. The summed E-state index contributed by atoms with van der Waals surface area (Å²) in [6.45, 7) is 6.99. The number of aryl methyl sites for hydroxylation is 1. The lowest BCUT2D eigenvalue weighted by molar-refractivity contribution is 0.0160. The first kappa shape index (κ1) is 21.0. The summed E-state index contributed by atoms with van der Waals surface area (Å²) in [5.74, 6) is -0.380. The molecule has 0 saturated carbocycles. The number of benzene rings is 2. The molecule has 2 heterocycles. The van der Waals surface area contributed by atoms with E-state index in [2.05, 4.69) is 15.4 Å². The topological polar surface area (TPSA) is 84.2 Å². The van der Waals surface area contributed by atoms with Crippen molar-refractivity contribution >= 4 is 23.4 Å². The predicted molar refractivity (Wildman–Crippen MR) is 116 cm³/mol. The summed E-state index contributed by atoms with van der Waals surface area (Å²) < 4.78 is 0. The van der Waals surface area contributed by atoms with Gasteiger partial charge in [0.25, 0.3) is 17.6 Å². The minimum absolute atomic E-state index is 0.0317. The molecule has 160 valence electrons. The smallest absolute Gasteiger partial charge is 0.296 e. The van der Waals surface area contributed by atoms with Crippen LogP contribution >= 0.6 is 11.6 Å². The van der Waals surface area contributed by atoms with Crippen LogP contribution in [-0.4, -0.2) is 67.0 Å². The molecular formula is C22H23ClN6O2. The molecule has 9 heteroatoms. The highest BCUT2D eigenvalue weighted by Crippen LogP contribution is 2.24. The van der Waals surface area contributed by atoms with Crippen molar-refractivity contribution in [1.29, 1.82) is 0 Å². The van der Waals surface area contributed by atoms with Crippen molar-refractivity contribution < 1.29 is 9.59 Å². The first-order valence-corrected chi connectivity index (χ1v) is 10.4. The van der Waals surface area contributed by atoms with Crippen LogP contribution in [0.4, 0.5) is 0 Å². The van der Waals surface area contributed by atoms with E-state index in [0.29, 0.717) is 30.2 Å². The van der Waals surface area contributed by atoms with Gasteiger partial charge in [-0.3, -0.25) is 9.59 Å². The van der Waals surface area contributed by atoms with Gasteiger partial charge < -0.3 is 9.80 Å². The lowest BCUT2D eigenvalue weighted by Gasteiger charge is -2.46. The number of amides is 2. The fraction of sp³-hybridized carbons (Fsp3) is 0.318. The van der Waals surface area contributed by atoms with Gasteiger partial charge in [-0.05, 0) is 61.9 Å². The van der Waals surface area contributed by atoms with Gasteiger partial charge in [0.05, 0.1) is 11.2 Å². The molecule has 8 nitrogen and oxygen atoms in total. The van der Waals surface area contributed by atoms with Gasteiger partial charge in [-0.2, -0.15) is 0 Å². The Kier molecular flexibility index (Phi) is 5.49. The summed E-state index contributed by atoms with van der Waals surface area (Å²) in [6, 6.07) is 14.5. The number of tetrazole rings is 1. The van der Waals surface area contributed by atoms with Crippen LogP contribution in [0.1, 0.15) is 40.4 Å². The molecule has 0 unspecified atom stereocenters. The average Bonchev–Trinajstić information content (AvgIpc) is 3.22. The van der Waals surface area contributed by atoms with Crippen LogP contribution in [0.2, 0.25) is 5.02 Å². The highest BCUT2D eigenvalue weighted by atomic mass is 35.5. The summed E-state index contributed by atoms with van der Waals surface area (Å²) in [4.78, 5) is 30.8. The maximum atomic E-state index is 13.1. The van der Waals surface area contributed by atoms with E-state index in [9.17, 15) is 9.59 Å². The van der Waals surface area contributed by atoms with Crippen molar-refractivity contribution in [1.82, 2.24) is 30.0 Å². The zero-order valence-corrected chi connectivity index (χ0v) is 18.4. The van der Waals surface area contributed by atoms with Crippen LogP contribution in [0.5, 0.6) is 0 Å². The molecule has 1 saturated heterocycles. The van der Waals surface area contributed by atoms with Crippen LogP contribution in [-0.2, 0) is 0 Å². The Hall–Kier alpha value is -3.26. The number of aromatic nitrogens is 4. The second-order valence-electron chi connectivity index (χ2n) is 8.25. The highest BCUT2D eigenvalue weighted by Gasteiger charge is 2.40. The van der Waals surface area contributed by atoms with Crippen LogP contribution in [0.25, 0.3) is 5.69 Å². The minimum atomic E-state index is -0.599. The first-order chi connectivity index (χ1) is 14.7. The number of hydrogen-bond donors (Lipinski definition) is 0. The van der Waals surface area contributed by atoms with E-state index in [1.807, 2.05) is 45.0 Å². The molecule has 1 aliphatic rings. The molecule has 1 fully saturated rings. The maximum absolute atomic E-state index is 13.1. The van der Waals surface area contributed by atoms with Crippen LogP contribution in [0, 0.1) is 6.92 Å². The number of hydrogen-bond acceptors (Lipinski definition) is 5. The zero-order chi connectivity index (χ0) is 22.2. The fourth-order valence-corrected chi connectivity index (χ4v) is 3.98. The lowest BCUT2D eigenvalue weighted by atomic mass is 9.97. The van der Waals surface area contributed by atoms with Gasteiger partial charge in [-0.25, -0.2) is 0 Å². The normalized spacial score (nSPS) is 15.7. The summed E-state index contributed by atoms with van der Waals surface area (Å²) in [7, 11) is 0. The standard InChI is InChI=1S/C22H23ClN6O2/c1-15-6-4-9-18(12-15)29-25-19(24-26-29)21(31)28-11-10-27(14-22(28,2)3)20(30)16-7-5-8-17(23)13-16/h4-9,12-13H,10-11,14H2,1-3H3. The molecule has 4 rings (SSSR count). The number of rotatable bonds is 3. The Morgan fingerprint density at radius 1 is 1.03 bits per heavy atom. The second kappa shape index (κ2) is 8.11. The lowest BCUT2D eigenvalue weighted by Crippen LogP contribution is -2.62. The Morgan fingerprint density at radius 3 is 2.52 bits per heavy atom. The average molecular weight is 439 g/mol. The van der Waals surface area contributed by atoms with Gasteiger partial charge in [0.15, 0.2) is 0 Å². The summed E-state index contributed by atoms with van der Waals surface area (Å²) in [5.41, 5.74) is 1.73. The maximum Gasteiger partial charge on any atom is 0.296 e. The molecule has 0 atom stereocenters. The van der Waals surface area contributed by atoms with Crippen LogP contribution in [0.15, 0.2) is 48.5 Å². The van der Waals surface area contributed by atoms with Gasteiger partial charge in [-0.1, -0.05) is 29.8 Å². The summed E-state index contributed by atoms with van der Waals surface area (Å²) >= 11 is 6.03. The first-order valence-electron chi connectivity index (χ1n) is 9.98. The van der Waals surface area contributed by atoms with Crippen molar-refractivity contribution in [2.75, 3.05) is 19.6 Å². The molecule has 1 aliphatic heterocycles. The molecule has 0 N–H and O–H groups in total. The number of nitrogens with zero attached hydrogens (tertiary/aromatic N) is 6. The fourth-order valence-electron chi connectivity index (χ4n) is 3.79. The van der Waals surface area contributed by atoms with Crippen molar-refractivity contribution in [2.45, 2.75) is 26.3 Å². The number of piperazine rings is 1. The summed E-state index contributed by atoms with van der Waals surface area (Å²) in [6.07, 6.45) is 0. The van der Waals surface area contributed by atoms with Gasteiger partial charge >= 0.3 is 0 Å². The number of carbonyl (C=O) groups excluding carboxylic acids is 2. The van der Waals surface area contributed by atoms with E-state index in [-0.39, 0.29) is 17.6 Å². The third kappa shape index (κ3) is 4.29. The van der Waals surface area contributed by atoms with Crippen LogP contribution in [0.3, 0.4) is 0 Å². The molecule has 3 aromatic rings. The molecule has 31 heavy (non-hydrogen) atoms. The van der Waals surface area contributed by atoms with Gasteiger partial charge in [-0.15, -0.1) is 15.0 Å². The van der Waals surface area contributed by atoms with Gasteiger partial charge in [0, 0.05) is 30.2 Å². The Bertz CT molecular complexity index is 1140. The molecule has 0 spiro atoms. The van der Waals surface area contributed by atoms with E-state index >= 15 is 0 Å². The van der Waals surface area contributed by atoms with Gasteiger partial charge in [0.2, 0.25) is 0 Å². The van der Waals surface area contributed by atoms with E-state index in [0.717, 1.165) is 11.3 Å². The largest absolute Gasteiger partial charge is 0.335 e. The minimum Gasteiger partial charge on any atom is -0.335 e. The molecule has 2 aromatic carbocycles. The van der Waals surface area contributed by atoms with Crippen molar-refractivity contribution in [3.8, 4) is 5.69 Å². The van der Waals surface area contributed by atoms with E-state index in [1.54, 1.807) is 34.1 Å². The van der Waals surface area contributed by atoms with Crippen molar-refractivity contribution in [3.63, 3.8) is 0 Å². The number of halogens is 1. The molecule has 0 radical (unpaired) electrons. The third-order valence-corrected chi connectivity index (χ3v) is 5.58. The van der Waals surface area contributed by atoms with Crippen LogP contribution < -0.4 is 0 Å². The van der Waals surface area contributed by atoms with Crippen molar-refractivity contribution in [2.24, 2.45) is 0 Å². The molecule has 1 aromatic heterocycles. The molecule has 0 aliphatic carbocycles. The van der Waals surface area contributed by atoms with Gasteiger partial charge in [0.1, 0.15) is 0 Å². The predicted octanol–water partition coefficient (Wildman–Crippen LogP) is 3.00. The quantitative estimate of drug-likeness (QED) is 0.627. The van der Waals surface area contributed by atoms with Crippen molar-refractivity contribution in [3.05, 3.63) is 70.5 Å². The van der Waals surface area contributed by atoms with E-state index in [1.165, 1.54) is 4.80 Å². The molecule has 2 amide bonds. The van der Waals surface area contributed by atoms with E-state index in [4.69, 9.17) is 11.6 Å². The molecular weight excluding hydrogens is 416 g/mol. The monoisotopic (exact) mass is 438 g/mol. The third-order valence-electron chi connectivity index (χ3n) is 5.34. The number of carbonyl (C=O) groups is 2.